The van der Waals surface area contributed by atoms with Crippen molar-refractivity contribution in [3.8, 4) is 23.0 Å². The molecule has 1 unspecified atom stereocenters. The van der Waals surface area contributed by atoms with Gasteiger partial charge in [0.05, 0.1) is 36.4 Å². The summed E-state index contributed by atoms with van der Waals surface area (Å²) in [4.78, 5) is 26.9. The normalized spacial score (nSPS) is 14.8. The van der Waals surface area contributed by atoms with Gasteiger partial charge < -0.3 is 34.5 Å². The summed E-state index contributed by atoms with van der Waals surface area (Å²) in [6.45, 7) is 2.64. The SMILES string of the molecule is CNc1cc(OCc2cc(COc3cc4c(cc3OC)C(=O)N3c5ccccc5CC3CN4)cc([N+](=O)[O-])c2)c(OC)cc1C. The lowest BCUT2D eigenvalue weighted by atomic mass is 10.1. The van der Waals surface area contributed by atoms with Gasteiger partial charge in [0.15, 0.2) is 23.0 Å². The van der Waals surface area contributed by atoms with E-state index >= 15 is 0 Å². The number of anilines is 3. The number of carbonyl (C=O) groups excluding carboxylic acids is 1. The zero-order valence-electron chi connectivity index (χ0n) is 25.5. The Morgan fingerprint density at radius 2 is 1.60 bits per heavy atom. The van der Waals surface area contributed by atoms with Gasteiger partial charge in [0.1, 0.15) is 13.2 Å². The van der Waals surface area contributed by atoms with Crippen LogP contribution in [0.5, 0.6) is 23.0 Å². The van der Waals surface area contributed by atoms with E-state index in [1.807, 2.05) is 49.2 Å². The molecule has 0 aromatic heterocycles. The number of carbonyl (C=O) groups is 1. The number of ether oxygens (including phenoxy) is 4. The molecule has 2 aliphatic heterocycles. The number of nitrogens with zero attached hydrogens (tertiary/aromatic N) is 2. The molecule has 0 bridgehead atoms. The molecule has 2 N–H and O–H groups in total. The standard InChI is InChI=1S/C34H34N4O7/c1-20-9-30(42-3)32(15-27(20)35-2)44-18-21-10-22(12-24(11-21)38(40)41)19-45-33-16-28-26(14-31(33)43-4)34(39)37-25(17-36-28)13-23-7-5-6-8-29(23)37/h5-12,14-16,25,35-36H,13,17-19H2,1-4H3. The van der Waals surface area contributed by atoms with Crippen molar-refractivity contribution in [1.29, 1.82) is 0 Å². The summed E-state index contributed by atoms with van der Waals surface area (Å²) in [5.41, 5.74) is 6.18. The van der Waals surface area contributed by atoms with E-state index in [-0.39, 0.29) is 30.9 Å². The second kappa shape index (κ2) is 12.3. The van der Waals surface area contributed by atoms with E-state index in [9.17, 15) is 14.9 Å². The highest BCUT2D eigenvalue weighted by Gasteiger charge is 2.37. The molecule has 4 aromatic rings. The van der Waals surface area contributed by atoms with Gasteiger partial charge in [0.2, 0.25) is 0 Å². The smallest absolute Gasteiger partial charge is 0.270 e. The number of methoxy groups -OCH3 is 2. The zero-order valence-corrected chi connectivity index (χ0v) is 25.5. The van der Waals surface area contributed by atoms with Crippen molar-refractivity contribution < 1.29 is 28.7 Å². The van der Waals surface area contributed by atoms with Gasteiger partial charge in [-0.1, -0.05) is 18.2 Å². The van der Waals surface area contributed by atoms with Gasteiger partial charge in [-0.25, -0.2) is 0 Å². The van der Waals surface area contributed by atoms with Crippen molar-refractivity contribution in [3.63, 3.8) is 0 Å². The van der Waals surface area contributed by atoms with E-state index in [1.165, 1.54) is 19.2 Å². The van der Waals surface area contributed by atoms with E-state index in [0.29, 0.717) is 51.9 Å². The molecule has 0 radical (unpaired) electrons. The van der Waals surface area contributed by atoms with Gasteiger partial charge in [0.25, 0.3) is 11.6 Å². The van der Waals surface area contributed by atoms with Crippen LogP contribution in [0.1, 0.15) is 32.6 Å². The molecular formula is C34H34N4O7. The van der Waals surface area contributed by atoms with E-state index in [0.717, 1.165) is 28.9 Å². The summed E-state index contributed by atoms with van der Waals surface area (Å²) in [5, 5.41) is 18.3. The summed E-state index contributed by atoms with van der Waals surface area (Å²) >= 11 is 0. The van der Waals surface area contributed by atoms with Gasteiger partial charge >= 0.3 is 0 Å². The lowest BCUT2D eigenvalue weighted by Crippen LogP contribution is -2.39. The second-order valence-corrected chi connectivity index (χ2v) is 11.0. The van der Waals surface area contributed by atoms with Crippen LogP contribution in [0, 0.1) is 17.0 Å². The molecule has 0 fully saturated rings. The number of para-hydroxylation sites is 1. The van der Waals surface area contributed by atoms with Crippen LogP contribution < -0.4 is 34.5 Å². The van der Waals surface area contributed by atoms with Crippen LogP contribution in [0.4, 0.5) is 22.7 Å². The number of nitrogens with one attached hydrogen (secondary N) is 2. The Bertz CT molecular complexity index is 1790. The molecule has 232 valence electrons. The average molecular weight is 611 g/mol. The first-order valence-corrected chi connectivity index (χ1v) is 14.6. The van der Waals surface area contributed by atoms with E-state index in [4.69, 9.17) is 18.9 Å². The first kappa shape index (κ1) is 29.6. The number of rotatable bonds is 10. The topological polar surface area (TPSA) is 124 Å². The number of fused-ring (bicyclic) bond motifs is 4. The zero-order chi connectivity index (χ0) is 31.7. The van der Waals surface area contributed by atoms with Crippen LogP contribution in [0.2, 0.25) is 0 Å². The minimum atomic E-state index is -0.443. The fourth-order valence-corrected chi connectivity index (χ4v) is 5.95. The van der Waals surface area contributed by atoms with Crippen molar-refractivity contribution in [1.82, 2.24) is 0 Å². The number of nitro benzene ring substituents is 1. The Morgan fingerprint density at radius 1 is 0.933 bits per heavy atom. The molecule has 0 aliphatic carbocycles. The van der Waals surface area contributed by atoms with Crippen molar-refractivity contribution in [2.24, 2.45) is 0 Å². The average Bonchev–Trinajstić information content (AvgIpc) is 3.37. The second-order valence-electron chi connectivity index (χ2n) is 11.0. The predicted octanol–water partition coefficient (Wildman–Crippen LogP) is 6.12. The third-order valence-corrected chi connectivity index (χ3v) is 8.17. The molecule has 2 heterocycles. The molecule has 0 saturated carbocycles. The van der Waals surface area contributed by atoms with Crippen LogP contribution in [0.3, 0.4) is 0 Å². The third kappa shape index (κ3) is 5.76. The summed E-state index contributed by atoms with van der Waals surface area (Å²) in [5.74, 6) is 1.76. The Hall–Kier alpha value is -5.45. The number of amides is 1. The van der Waals surface area contributed by atoms with Crippen molar-refractivity contribution in [2.45, 2.75) is 32.6 Å². The fraction of sp³-hybridized carbons (Fsp3) is 0.265. The van der Waals surface area contributed by atoms with E-state index in [2.05, 4.69) is 16.7 Å². The van der Waals surface area contributed by atoms with Crippen molar-refractivity contribution >= 4 is 28.7 Å². The molecule has 1 atom stereocenters. The lowest BCUT2D eigenvalue weighted by Gasteiger charge is -2.22. The van der Waals surface area contributed by atoms with E-state index in [1.54, 1.807) is 25.3 Å². The van der Waals surface area contributed by atoms with Gasteiger partial charge in [-0.3, -0.25) is 14.9 Å². The molecule has 6 rings (SSSR count). The minimum Gasteiger partial charge on any atom is -0.493 e. The fourth-order valence-electron chi connectivity index (χ4n) is 5.95. The maximum Gasteiger partial charge on any atom is 0.270 e. The third-order valence-electron chi connectivity index (χ3n) is 8.17. The number of non-ortho nitro benzene ring substituents is 1. The number of aryl methyl sites for hydroxylation is 1. The molecule has 4 aromatic carbocycles. The molecule has 0 spiro atoms. The molecule has 11 nitrogen and oxygen atoms in total. The summed E-state index contributed by atoms with van der Waals surface area (Å²) in [7, 11) is 4.90. The predicted molar refractivity (Wildman–Crippen MR) is 171 cm³/mol. The maximum absolute atomic E-state index is 13.7. The Balaban J connectivity index is 1.23. The molecule has 2 aliphatic rings. The Labute approximate surface area is 260 Å². The Morgan fingerprint density at radius 3 is 2.27 bits per heavy atom. The highest BCUT2D eigenvalue weighted by atomic mass is 16.6. The summed E-state index contributed by atoms with van der Waals surface area (Å²) in [6.07, 6.45) is 0.773. The lowest BCUT2D eigenvalue weighted by molar-refractivity contribution is -0.385. The van der Waals surface area contributed by atoms with E-state index < -0.39 is 4.92 Å². The van der Waals surface area contributed by atoms with Crippen LogP contribution >= 0.6 is 0 Å². The first-order chi connectivity index (χ1) is 21.8. The highest BCUT2D eigenvalue weighted by molar-refractivity contribution is 6.12. The van der Waals surface area contributed by atoms with Crippen molar-refractivity contribution in [3.05, 3.63) is 105 Å². The molecule has 11 heteroatoms. The highest BCUT2D eigenvalue weighted by Crippen LogP contribution is 2.41. The number of hydrogen-bond donors (Lipinski definition) is 2. The van der Waals surface area contributed by atoms with Gasteiger partial charge in [-0.2, -0.15) is 0 Å². The van der Waals surface area contributed by atoms with Crippen molar-refractivity contribution in [2.75, 3.05) is 43.3 Å². The van der Waals surface area contributed by atoms with Crippen LogP contribution in [-0.4, -0.2) is 44.7 Å². The number of hydrogen-bond acceptors (Lipinski definition) is 9. The molecule has 1 amide bonds. The largest absolute Gasteiger partial charge is 0.493 e. The monoisotopic (exact) mass is 610 g/mol. The van der Waals surface area contributed by atoms with Crippen LogP contribution in [0.25, 0.3) is 0 Å². The maximum atomic E-state index is 13.7. The van der Waals surface area contributed by atoms with Gasteiger partial charge in [-0.05, 0) is 59.9 Å². The number of nitro groups is 1. The minimum absolute atomic E-state index is 0.00660. The molecular weight excluding hydrogens is 576 g/mol. The van der Waals surface area contributed by atoms with Crippen LogP contribution in [-0.2, 0) is 19.6 Å². The Kier molecular flexibility index (Phi) is 8.08. The van der Waals surface area contributed by atoms with Gasteiger partial charge in [0, 0.05) is 49.2 Å². The first-order valence-electron chi connectivity index (χ1n) is 14.6. The number of benzene rings is 4. The van der Waals surface area contributed by atoms with Crippen LogP contribution in [0.15, 0.2) is 66.7 Å². The summed E-state index contributed by atoms with van der Waals surface area (Å²) in [6, 6.07) is 19.8. The summed E-state index contributed by atoms with van der Waals surface area (Å²) < 4.78 is 23.3. The molecule has 0 saturated heterocycles. The quantitative estimate of drug-likeness (QED) is 0.161. The van der Waals surface area contributed by atoms with Gasteiger partial charge in [-0.15, -0.1) is 0 Å². The molecule has 45 heavy (non-hydrogen) atoms.